The van der Waals surface area contributed by atoms with Gasteiger partial charge >= 0.3 is 0 Å². The Hall–Kier alpha value is -1.01. The van der Waals surface area contributed by atoms with E-state index in [0.29, 0.717) is 13.0 Å². The van der Waals surface area contributed by atoms with Gasteiger partial charge in [0, 0.05) is 13.5 Å². The van der Waals surface area contributed by atoms with Crippen molar-refractivity contribution in [3.63, 3.8) is 0 Å². The van der Waals surface area contributed by atoms with Gasteiger partial charge in [0.15, 0.2) is 5.16 Å². The van der Waals surface area contributed by atoms with E-state index in [0.717, 1.165) is 23.8 Å². The number of imidazole rings is 1. The highest BCUT2D eigenvalue weighted by molar-refractivity contribution is 7.98. The van der Waals surface area contributed by atoms with Gasteiger partial charge in [-0.05, 0) is 45.2 Å². The summed E-state index contributed by atoms with van der Waals surface area (Å²) < 4.78 is 2.03. The average molecular weight is 310 g/mol. The first-order valence-electron chi connectivity index (χ1n) is 7.74. The van der Waals surface area contributed by atoms with Crippen molar-refractivity contribution in [2.24, 2.45) is 7.05 Å². The summed E-state index contributed by atoms with van der Waals surface area (Å²) in [7, 11) is 1.98. The van der Waals surface area contributed by atoms with Crippen LogP contribution in [0.2, 0.25) is 0 Å². The van der Waals surface area contributed by atoms with Crippen LogP contribution >= 0.6 is 11.8 Å². The highest BCUT2D eigenvalue weighted by Gasteiger charge is 2.11. The summed E-state index contributed by atoms with van der Waals surface area (Å²) in [4.78, 5) is 18.7. The molecule has 1 amide bonds. The summed E-state index contributed by atoms with van der Waals surface area (Å²) in [6, 6.07) is 0. The van der Waals surface area contributed by atoms with Crippen molar-refractivity contribution < 1.29 is 4.79 Å². The number of piperidine rings is 1. The normalized spacial score (nSPS) is 16.1. The van der Waals surface area contributed by atoms with E-state index in [2.05, 4.69) is 15.2 Å². The number of carbonyl (C=O) groups excluding carboxylic acids is 1. The average Bonchev–Trinajstić information content (AvgIpc) is 2.86. The summed E-state index contributed by atoms with van der Waals surface area (Å²) in [5.41, 5.74) is 1.05. The second kappa shape index (κ2) is 8.44. The third kappa shape index (κ3) is 5.04. The highest BCUT2D eigenvalue weighted by Crippen LogP contribution is 2.13. The summed E-state index contributed by atoms with van der Waals surface area (Å²) in [6.07, 6.45) is 9.39. The van der Waals surface area contributed by atoms with Gasteiger partial charge in [-0.1, -0.05) is 18.2 Å². The van der Waals surface area contributed by atoms with Crippen molar-refractivity contribution >= 4 is 17.7 Å². The zero-order valence-corrected chi connectivity index (χ0v) is 13.9. The van der Waals surface area contributed by atoms with E-state index in [1.54, 1.807) is 11.8 Å². The van der Waals surface area contributed by atoms with Gasteiger partial charge in [-0.15, -0.1) is 0 Å². The molecule has 1 aromatic rings. The van der Waals surface area contributed by atoms with E-state index in [-0.39, 0.29) is 5.91 Å². The molecule has 1 fully saturated rings. The summed E-state index contributed by atoms with van der Waals surface area (Å²) in [5.74, 6) is 0.138. The predicted octanol–water partition coefficient (Wildman–Crippen LogP) is 2.02. The highest BCUT2D eigenvalue weighted by atomic mass is 32.2. The van der Waals surface area contributed by atoms with E-state index in [1.165, 1.54) is 32.4 Å². The van der Waals surface area contributed by atoms with Crippen LogP contribution in [-0.4, -0.2) is 46.2 Å². The largest absolute Gasteiger partial charge is 0.350 e. The fraction of sp³-hybridized carbons (Fsp3) is 0.733. The molecule has 21 heavy (non-hydrogen) atoms. The first-order chi connectivity index (χ1) is 10.2. The van der Waals surface area contributed by atoms with Crippen molar-refractivity contribution in [2.75, 3.05) is 25.9 Å². The second-order valence-electron chi connectivity index (χ2n) is 5.58. The molecule has 2 rings (SSSR count). The number of hydrogen-bond donors (Lipinski definition) is 1. The zero-order valence-electron chi connectivity index (χ0n) is 13.1. The molecule has 118 valence electrons. The molecular weight excluding hydrogens is 284 g/mol. The van der Waals surface area contributed by atoms with Gasteiger partial charge in [0.05, 0.1) is 18.4 Å². The summed E-state index contributed by atoms with van der Waals surface area (Å²) in [5, 5.41) is 3.96. The first kappa shape index (κ1) is 16.4. The minimum absolute atomic E-state index is 0.138. The lowest BCUT2D eigenvalue weighted by Gasteiger charge is -2.26. The Morgan fingerprint density at radius 2 is 2.14 bits per heavy atom. The Bertz CT molecular complexity index is 455. The molecule has 6 heteroatoms. The number of carbonyl (C=O) groups is 1. The monoisotopic (exact) mass is 310 g/mol. The van der Waals surface area contributed by atoms with E-state index in [4.69, 9.17) is 0 Å². The second-order valence-corrected chi connectivity index (χ2v) is 6.35. The van der Waals surface area contributed by atoms with Crippen LogP contribution in [0, 0.1) is 0 Å². The maximum Gasteiger partial charge on any atom is 0.220 e. The molecule has 2 heterocycles. The summed E-state index contributed by atoms with van der Waals surface area (Å²) in [6.45, 7) is 4.02. The zero-order chi connectivity index (χ0) is 15.1. The van der Waals surface area contributed by atoms with Crippen LogP contribution < -0.4 is 5.32 Å². The van der Waals surface area contributed by atoms with Crippen molar-refractivity contribution in [1.82, 2.24) is 19.8 Å². The van der Waals surface area contributed by atoms with E-state index in [9.17, 15) is 4.79 Å². The molecule has 1 aromatic heterocycles. The van der Waals surface area contributed by atoms with Crippen LogP contribution in [0.4, 0.5) is 0 Å². The Labute approximate surface area is 131 Å². The molecule has 0 bridgehead atoms. The molecule has 1 aliphatic rings. The number of thioether (sulfide) groups is 1. The predicted molar refractivity (Wildman–Crippen MR) is 86.4 cm³/mol. The lowest BCUT2D eigenvalue weighted by molar-refractivity contribution is -0.121. The molecular formula is C15H26N4OS. The van der Waals surface area contributed by atoms with Crippen LogP contribution in [0.1, 0.15) is 37.8 Å². The van der Waals surface area contributed by atoms with E-state index < -0.39 is 0 Å². The maximum absolute atomic E-state index is 11.9. The van der Waals surface area contributed by atoms with Gasteiger partial charge in [-0.3, -0.25) is 4.79 Å². The molecule has 1 N–H and O–H groups in total. The van der Waals surface area contributed by atoms with Crippen molar-refractivity contribution in [1.29, 1.82) is 0 Å². The Morgan fingerprint density at radius 3 is 2.81 bits per heavy atom. The third-order valence-corrected chi connectivity index (χ3v) is 4.76. The number of nitrogens with zero attached hydrogens (tertiary/aromatic N) is 3. The number of rotatable bonds is 7. The van der Waals surface area contributed by atoms with E-state index >= 15 is 0 Å². The number of nitrogens with one attached hydrogen (secondary N) is 1. The molecule has 1 aliphatic heterocycles. The minimum Gasteiger partial charge on any atom is -0.350 e. The van der Waals surface area contributed by atoms with Crippen LogP contribution in [0.25, 0.3) is 0 Å². The van der Waals surface area contributed by atoms with Crippen molar-refractivity contribution in [3.05, 3.63) is 11.9 Å². The van der Waals surface area contributed by atoms with Gasteiger partial charge in [0.1, 0.15) is 0 Å². The smallest absolute Gasteiger partial charge is 0.220 e. The third-order valence-electron chi connectivity index (χ3n) is 4.02. The molecule has 0 spiro atoms. The lowest BCUT2D eigenvalue weighted by Crippen LogP contribution is -2.31. The van der Waals surface area contributed by atoms with E-state index in [1.807, 2.05) is 24.1 Å². The lowest BCUT2D eigenvalue weighted by atomic mass is 10.1. The first-order valence-corrected chi connectivity index (χ1v) is 8.97. The Kier molecular flexibility index (Phi) is 6.57. The number of aromatic nitrogens is 2. The van der Waals surface area contributed by atoms with Crippen LogP contribution in [0.3, 0.4) is 0 Å². The van der Waals surface area contributed by atoms with Crippen LogP contribution in [-0.2, 0) is 18.4 Å². The molecule has 0 unspecified atom stereocenters. The molecule has 0 saturated carbocycles. The standard InChI is InChI=1S/C15H26N4OS/c1-18-13(12-17-15(18)21-2)11-16-14(20)7-6-10-19-8-4-3-5-9-19/h12H,3-11H2,1-2H3,(H,16,20). The Balaban J connectivity index is 1.63. The van der Waals surface area contributed by atoms with Gasteiger partial charge in [-0.2, -0.15) is 0 Å². The molecule has 1 saturated heterocycles. The van der Waals surface area contributed by atoms with Crippen molar-refractivity contribution in [3.8, 4) is 0 Å². The van der Waals surface area contributed by atoms with Crippen LogP contribution in [0.15, 0.2) is 11.4 Å². The molecule has 0 atom stereocenters. The van der Waals surface area contributed by atoms with Gasteiger partial charge < -0.3 is 14.8 Å². The quantitative estimate of drug-likeness (QED) is 0.783. The van der Waals surface area contributed by atoms with Gasteiger partial charge in [0.25, 0.3) is 0 Å². The number of hydrogen-bond acceptors (Lipinski definition) is 4. The Morgan fingerprint density at radius 1 is 1.38 bits per heavy atom. The topological polar surface area (TPSA) is 50.2 Å². The minimum atomic E-state index is 0.138. The molecule has 0 aliphatic carbocycles. The summed E-state index contributed by atoms with van der Waals surface area (Å²) >= 11 is 1.61. The number of amides is 1. The maximum atomic E-state index is 11.9. The van der Waals surface area contributed by atoms with Gasteiger partial charge in [-0.25, -0.2) is 4.98 Å². The fourth-order valence-electron chi connectivity index (χ4n) is 2.70. The molecule has 0 aromatic carbocycles. The SMILES string of the molecule is CSc1ncc(CNC(=O)CCCN2CCCCC2)n1C. The van der Waals surface area contributed by atoms with Gasteiger partial charge in [0.2, 0.25) is 5.91 Å². The number of likely N-dealkylation sites (tertiary alicyclic amines) is 1. The van der Waals surface area contributed by atoms with Crippen molar-refractivity contribution in [2.45, 2.75) is 43.8 Å². The molecule has 5 nitrogen and oxygen atoms in total. The molecule has 0 radical (unpaired) electrons. The fourth-order valence-corrected chi connectivity index (χ4v) is 3.25. The van der Waals surface area contributed by atoms with Crippen LogP contribution in [0.5, 0.6) is 0 Å².